The number of aromatic nitrogens is 1. The number of pyridine rings is 1. The Balaban J connectivity index is 1.78. The molecule has 5 heteroatoms. The summed E-state index contributed by atoms with van der Waals surface area (Å²) >= 11 is 0. The number of aromatic amines is 1. The van der Waals surface area contributed by atoms with Crippen molar-refractivity contribution in [2.75, 3.05) is 13.2 Å². The maximum Gasteiger partial charge on any atom is 0.251 e. The van der Waals surface area contributed by atoms with Crippen LogP contribution < -0.4 is 20.3 Å². The zero-order valence-corrected chi connectivity index (χ0v) is 15.2. The van der Waals surface area contributed by atoms with Crippen molar-refractivity contribution in [3.05, 3.63) is 82.3 Å². The van der Waals surface area contributed by atoms with Crippen LogP contribution in [0.15, 0.2) is 60.0 Å². The van der Waals surface area contributed by atoms with E-state index >= 15 is 0 Å². The first-order valence-corrected chi connectivity index (χ1v) is 9.12. The second-order valence-corrected chi connectivity index (χ2v) is 6.53. The first kappa shape index (κ1) is 17.2. The molecule has 1 atom stereocenters. The number of benzene rings is 2. The topological polar surface area (TPSA) is 63.4 Å². The largest absolute Gasteiger partial charge is 0.486 e. The molecule has 27 heavy (non-hydrogen) atoms. The minimum absolute atomic E-state index is 0.0228. The third kappa shape index (κ3) is 3.28. The third-order valence-corrected chi connectivity index (χ3v) is 4.84. The molecule has 0 fully saturated rings. The first-order valence-electron chi connectivity index (χ1n) is 9.12. The highest BCUT2D eigenvalue weighted by Gasteiger charge is 2.18. The molecule has 2 aromatic carbocycles. The van der Waals surface area contributed by atoms with Gasteiger partial charge in [0.1, 0.15) is 13.2 Å². The molecule has 1 aromatic heterocycles. The molecule has 0 bridgehead atoms. The summed E-state index contributed by atoms with van der Waals surface area (Å²) in [4.78, 5) is 15.0. The second kappa shape index (κ2) is 7.19. The van der Waals surface area contributed by atoms with Crippen LogP contribution in [0.1, 0.15) is 29.7 Å². The van der Waals surface area contributed by atoms with Crippen LogP contribution in [-0.2, 0) is 6.42 Å². The van der Waals surface area contributed by atoms with Crippen molar-refractivity contribution in [3.63, 3.8) is 0 Å². The van der Waals surface area contributed by atoms with Gasteiger partial charge in [0.2, 0.25) is 0 Å². The summed E-state index contributed by atoms with van der Waals surface area (Å²) in [5, 5.41) is 4.33. The third-order valence-electron chi connectivity index (χ3n) is 4.84. The minimum Gasteiger partial charge on any atom is -0.486 e. The molecule has 0 spiro atoms. The van der Waals surface area contributed by atoms with Crippen molar-refractivity contribution < 1.29 is 9.47 Å². The minimum atomic E-state index is -0.0836. The molecule has 0 amide bonds. The molecule has 0 radical (unpaired) electrons. The molecule has 1 unspecified atom stereocenters. The van der Waals surface area contributed by atoms with Crippen LogP contribution in [0.2, 0.25) is 0 Å². The molecule has 0 saturated carbocycles. The number of nitrogens with one attached hydrogen (secondary N) is 2. The SMILES string of the molecule is C=CNC(c1ccc2c(c1)OCCO2)c1ccc2[nH]c(=O)c(CC)cc2c1. The van der Waals surface area contributed by atoms with Crippen LogP contribution >= 0.6 is 0 Å². The standard InChI is InChI=1S/C22H22N2O3/c1-3-14-11-17-12-15(5-7-18(17)24-22(14)25)21(23-4-2)16-6-8-19-20(13-16)27-10-9-26-19/h4-8,11-13,21,23H,2-3,9-10H2,1H3,(H,24,25). The monoisotopic (exact) mass is 362 g/mol. The second-order valence-electron chi connectivity index (χ2n) is 6.53. The zero-order chi connectivity index (χ0) is 18.8. The van der Waals surface area contributed by atoms with Gasteiger partial charge in [-0.2, -0.15) is 0 Å². The average Bonchev–Trinajstić information content (AvgIpc) is 2.71. The maximum absolute atomic E-state index is 12.0. The zero-order valence-electron chi connectivity index (χ0n) is 15.2. The fourth-order valence-electron chi connectivity index (χ4n) is 3.45. The van der Waals surface area contributed by atoms with Crippen molar-refractivity contribution in [1.82, 2.24) is 10.3 Å². The van der Waals surface area contributed by atoms with Gasteiger partial charge in [0.25, 0.3) is 5.56 Å². The molecule has 0 aliphatic carbocycles. The van der Waals surface area contributed by atoms with Crippen molar-refractivity contribution >= 4 is 10.9 Å². The predicted octanol–water partition coefficient (Wildman–Crippen LogP) is 3.68. The van der Waals surface area contributed by atoms with Crippen LogP contribution in [0, 0.1) is 0 Å². The van der Waals surface area contributed by atoms with E-state index in [0.717, 1.165) is 39.1 Å². The number of hydrogen-bond acceptors (Lipinski definition) is 4. The lowest BCUT2D eigenvalue weighted by Gasteiger charge is -2.23. The van der Waals surface area contributed by atoms with Gasteiger partial charge in [-0.05, 0) is 59.5 Å². The van der Waals surface area contributed by atoms with Gasteiger partial charge in [-0.1, -0.05) is 25.6 Å². The lowest BCUT2D eigenvalue weighted by molar-refractivity contribution is 0.171. The van der Waals surface area contributed by atoms with Crippen molar-refractivity contribution in [2.24, 2.45) is 0 Å². The van der Waals surface area contributed by atoms with Gasteiger partial charge in [0.15, 0.2) is 11.5 Å². The summed E-state index contributed by atoms with van der Waals surface area (Å²) in [6, 6.07) is 13.9. The molecule has 5 nitrogen and oxygen atoms in total. The molecule has 2 N–H and O–H groups in total. The molecule has 1 aliphatic heterocycles. The van der Waals surface area contributed by atoms with Crippen LogP contribution in [0.3, 0.4) is 0 Å². The first-order chi connectivity index (χ1) is 13.2. The van der Waals surface area contributed by atoms with Gasteiger partial charge in [-0.15, -0.1) is 0 Å². The van der Waals surface area contributed by atoms with Gasteiger partial charge in [0.05, 0.1) is 6.04 Å². The van der Waals surface area contributed by atoms with Crippen molar-refractivity contribution in [1.29, 1.82) is 0 Å². The fraction of sp³-hybridized carbons (Fsp3) is 0.227. The smallest absolute Gasteiger partial charge is 0.251 e. The molecule has 2 heterocycles. The van der Waals surface area contributed by atoms with E-state index in [-0.39, 0.29) is 11.6 Å². The molecule has 4 rings (SSSR count). The number of aryl methyl sites for hydroxylation is 1. The van der Waals surface area contributed by atoms with E-state index in [4.69, 9.17) is 9.47 Å². The molecule has 3 aromatic rings. The number of H-pyrrole nitrogens is 1. The number of hydrogen-bond donors (Lipinski definition) is 2. The van der Waals surface area contributed by atoms with Crippen LogP contribution in [0.25, 0.3) is 10.9 Å². The molecular weight excluding hydrogens is 340 g/mol. The quantitative estimate of drug-likeness (QED) is 0.727. The number of ether oxygens (including phenoxy) is 2. The lowest BCUT2D eigenvalue weighted by atomic mass is 9.96. The number of fused-ring (bicyclic) bond motifs is 2. The Morgan fingerprint density at radius 1 is 1.11 bits per heavy atom. The van der Waals surface area contributed by atoms with Gasteiger partial charge in [0, 0.05) is 11.1 Å². The Morgan fingerprint density at radius 2 is 1.85 bits per heavy atom. The van der Waals surface area contributed by atoms with E-state index in [1.54, 1.807) is 6.20 Å². The van der Waals surface area contributed by atoms with E-state index in [1.165, 1.54) is 0 Å². The highest BCUT2D eigenvalue weighted by atomic mass is 16.6. The van der Waals surface area contributed by atoms with E-state index in [2.05, 4.69) is 22.9 Å². The number of rotatable bonds is 5. The molecule has 0 saturated heterocycles. The van der Waals surface area contributed by atoms with Gasteiger partial charge >= 0.3 is 0 Å². The van der Waals surface area contributed by atoms with Crippen LogP contribution in [0.4, 0.5) is 0 Å². The average molecular weight is 362 g/mol. The Hall–Kier alpha value is -3.21. The Morgan fingerprint density at radius 3 is 2.63 bits per heavy atom. The Kier molecular flexibility index (Phi) is 4.59. The van der Waals surface area contributed by atoms with E-state index in [0.29, 0.717) is 19.6 Å². The van der Waals surface area contributed by atoms with Crippen LogP contribution in [0.5, 0.6) is 11.5 Å². The summed E-state index contributed by atoms with van der Waals surface area (Å²) in [6.45, 7) is 6.94. The summed E-state index contributed by atoms with van der Waals surface area (Å²) in [5.41, 5.74) is 3.73. The summed E-state index contributed by atoms with van der Waals surface area (Å²) in [5.74, 6) is 1.53. The van der Waals surface area contributed by atoms with E-state index in [9.17, 15) is 4.79 Å². The molecule has 138 valence electrons. The van der Waals surface area contributed by atoms with Gasteiger partial charge < -0.3 is 19.8 Å². The summed E-state index contributed by atoms with van der Waals surface area (Å²) < 4.78 is 11.3. The van der Waals surface area contributed by atoms with E-state index in [1.807, 2.05) is 43.3 Å². The molecule has 1 aliphatic rings. The van der Waals surface area contributed by atoms with Crippen molar-refractivity contribution in [3.8, 4) is 11.5 Å². The van der Waals surface area contributed by atoms with Gasteiger partial charge in [-0.25, -0.2) is 0 Å². The predicted molar refractivity (Wildman–Crippen MR) is 107 cm³/mol. The van der Waals surface area contributed by atoms with Crippen LogP contribution in [-0.4, -0.2) is 18.2 Å². The Bertz CT molecular complexity index is 1060. The molecular formula is C22H22N2O3. The maximum atomic E-state index is 12.0. The normalized spacial score (nSPS) is 14.0. The Labute approximate surface area is 157 Å². The van der Waals surface area contributed by atoms with E-state index < -0.39 is 0 Å². The van der Waals surface area contributed by atoms with Gasteiger partial charge in [-0.3, -0.25) is 4.79 Å². The fourth-order valence-corrected chi connectivity index (χ4v) is 3.45. The lowest BCUT2D eigenvalue weighted by Crippen LogP contribution is -2.19. The summed E-state index contributed by atoms with van der Waals surface area (Å²) in [7, 11) is 0. The highest BCUT2D eigenvalue weighted by Crippen LogP contribution is 2.34. The van der Waals surface area contributed by atoms with Crippen molar-refractivity contribution in [2.45, 2.75) is 19.4 Å². The highest BCUT2D eigenvalue weighted by molar-refractivity contribution is 5.80. The summed E-state index contributed by atoms with van der Waals surface area (Å²) in [6.07, 6.45) is 2.39.